The van der Waals surface area contributed by atoms with Crippen LogP contribution >= 0.6 is 0 Å². The maximum atomic E-state index is 13.3. The van der Waals surface area contributed by atoms with Crippen LogP contribution < -0.4 is 11.1 Å². The average molecular weight is 447 g/mol. The monoisotopic (exact) mass is 446 g/mol. The summed E-state index contributed by atoms with van der Waals surface area (Å²) in [5.74, 6) is -0.672. The van der Waals surface area contributed by atoms with Gasteiger partial charge in [-0.05, 0) is 43.4 Å². The van der Waals surface area contributed by atoms with Gasteiger partial charge in [-0.2, -0.15) is 10.2 Å². The van der Waals surface area contributed by atoms with Crippen LogP contribution in [0, 0.1) is 5.92 Å². The topological polar surface area (TPSA) is 135 Å². The second kappa shape index (κ2) is 8.19. The minimum absolute atomic E-state index is 0.175. The van der Waals surface area contributed by atoms with E-state index in [1.807, 2.05) is 23.0 Å². The van der Waals surface area contributed by atoms with Crippen LogP contribution in [0.5, 0.6) is 0 Å². The summed E-state index contributed by atoms with van der Waals surface area (Å²) in [6.45, 7) is 5.46. The first-order chi connectivity index (χ1) is 16.0. The van der Waals surface area contributed by atoms with Gasteiger partial charge < -0.3 is 16.0 Å². The largest absolute Gasteiger partial charge is 0.383 e. The Bertz CT molecular complexity index is 1360. The maximum Gasteiger partial charge on any atom is 0.314 e. The lowest BCUT2D eigenvalue weighted by molar-refractivity contribution is -0.146. The standard InChI is InChI=1S/C23H26N8O2/c1-3-31-19-7-5-14(8-15(19)9-27-31)18-6-4-13(2)12-30(18)23(33)22(32)28-17-11-25-21(24)16-10-26-29-20(16)17/h5,7-11,13,18H,3-4,6,12H2,1-2H3,(H2,24,25)(H,26,29)(H,28,32). The maximum absolute atomic E-state index is 13.3. The number of carbonyl (C=O) groups is 2. The zero-order valence-electron chi connectivity index (χ0n) is 18.6. The summed E-state index contributed by atoms with van der Waals surface area (Å²) in [4.78, 5) is 32.1. The predicted molar refractivity (Wildman–Crippen MR) is 125 cm³/mol. The second-order valence-electron chi connectivity index (χ2n) is 8.60. The van der Waals surface area contributed by atoms with Gasteiger partial charge in [0.25, 0.3) is 0 Å². The van der Waals surface area contributed by atoms with E-state index in [4.69, 9.17) is 5.73 Å². The van der Waals surface area contributed by atoms with Gasteiger partial charge in [0.05, 0.1) is 46.7 Å². The molecule has 5 rings (SSSR count). The highest BCUT2D eigenvalue weighted by Crippen LogP contribution is 2.35. The summed E-state index contributed by atoms with van der Waals surface area (Å²) in [5, 5.41) is 15.5. The quantitative estimate of drug-likeness (QED) is 0.414. The molecule has 10 nitrogen and oxygen atoms in total. The molecule has 0 spiro atoms. The first kappa shape index (κ1) is 20.9. The summed E-state index contributed by atoms with van der Waals surface area (Å²) >= 11 is 0. The molecule has 170 valence electrons. The van der Waals surface area contributed by atoms with Gasteiger partial charge in [0, 0.05) is 18.5 Å². The molecular formula is C23H26N8O2. The molecule has 0 radical (unpaired) electrons. The Hall–Kier alpha value is -3.95. The fourth-order valence-corrected chi connectivity index (χ4v) is 4.64. The number of pyridine rings is 1. The highest BCUT2D eigenvalue weighted by Gasteiger charge is 2.34. The summed E-state index contributed by atoms with van der Waals surface area (Å²) < 4.78 is 1.94. The highest BCUT2D eigenvalue weighted by atomic mass is 16.2. The van der Waals surface area contributed by atoms with Gasteiger partial charge >= 0.3 is 11.8 Å². The van der Waals surface area contributed by atoms with E-state index in [1.165, 1.54) is 12.4 Å². The van der Waals surface area contributed by atoms with Crippen LogP contribution in [-0.2, 0) is 16.1 Å². The van der Waals surface area contributed by atoms with Gasteiger partial charge in [-0.25, -0.2) is 4.98 Å². The number of H-pyrrole nitrogens is 1. The number of fused-ring (bicyclic) bond motifs is 2. The Morgan fingerprint density at radius 2 is 2.09 bits per heavy atom. The zero-order chi connectivity index (χ0) is 23.1. The first-order valence-corrected chi connectivity index (χ1v) is 11.1. The van der Waals surface area contributed by atoms with Crippen molar-refractivity contribution in [3.05, 3.63) is 42.4 Å². The van der Waals surface area contributed by atoms with E-state index in [2.05, 4.69) is 45.5 Å². The molecule has 0 aliphatic carbocycles. The van der Waals surface area contributed by atoms with Crippen molar-refractivity contribution in [3.8, 4) is 0 Å². The Balaban J connectivity index is 1.42. The molecule has 1 fully saturated rings. The Morgan fingerprint density at radius 3 is 2.91 bits per heavy atom. The molecule has 4 N–H and O–H groups in total. The van der Waals surface area contributed by atoms with Crippen molar-refractivity contribution >= 4 is 45.1 Å². The minimum atomic E-state index is -0.712. The van der Waals surface area contributed by atoms with Crippen LogP contribution in [0.25, 0.3) is 21.8 Å². The van der Waals surface area contributed by atoms with E-state index < -0.39 is 11.8 Å². The third-order valence-corrected chi connectivity index (χ3v) is 6.39. The van der Waals surface area contributed by atoms with Gasteiger partial charge in [0.15, 0.2) is 0 Å². The molecule has 2 atom stereocenters. The number of nitrogens with one attached hydrogen (secondary N) is 2. The molecule has 1 aromatic carbocycles. The average Bonchev–Trinajstić information content (AvgIpc) is 3.47. The van der Waals surface area contributed by atoms with Gasteiger partial charge in [0.1, 0.15) is 5.82 Å². The van der Waals surface area contributed by atoms with Gasteiger partial charge in [-0.1, -0.05) is 13.0 Å². The summed E-state index contributed by atoms with van der Waals surface area (Å²) in [6.07, 6.45) is 6.59. The second-order valence-corrected chi connectivity index (χ2v) is 8.60. The number of benzene rings is 1. The summed E-state index contributed by atoms with van der Waals surface area (Å²) in [6, 6.07) is 5.97. The molecule has 4 heterocycles. The molecular weight excluding hydrogens is 420 g/mol. The normalized spacial score (nSPS) is 18.7. The molecule has 33 heavy (non-hydrogen) atoms. The first-order valence-electron chi connectivity index (χ1n) is 11.1. The van der Waals surface area contributed by atoms with Gasteiger partial charge in [0.2, 0.25) is 0 Å². The Kier molecular flexibility index (Phi) is 5.20. The van der Waals surface area contributed by atoms with Crippen LogP contribution in [0.1, 0.15) is 38.3 Å². The number of nitrogens with zero attached hydrogens (tertiary/aromatic N) is 5. The lowest BCUT2D eigenvalue weighted by Crippen LogP contribution is -2.46. The van der Waals surface area contributed by atoms with Crippen molar-refractivity contribution in [2.75, 3.05) is 17.6 Å². The molecule has 2 amide bonds. The van der Waals surface area contributed by atoms with E-state index in [0.29, 0.717) is 34.9 Å². The SMILES string of the molecule is CCn1ncc2cc(C3CCC(C)CN3C(=O)C(=O)Nc3cnc(N)c4cn[nH]c34)ccc21. The van der Waals surface area contributed by atoms with E-state index in [1.54, 1.807) is 4.90 Å². The van der Waals surface area contributed by atoms with Crippen molar-refractivity contribution in [1.82, 2.24) is 29.9 Å². The van der Waals surface area contributed by atoms with Crippen molar-refractivity contribution in [3.63, 3.8) is 0 Å². The smallest absolute Gasteiger partial charge is 0.314 e. The number of hydrogen-bond donors (Lipinski definition) is 3. The Labute approximate surface area is 190 Å². The van der Waals surface area contributed by atoms with Crippen LogP contribution in [0.15, 0.2) is 36.8 Å². The van der Waals surface area contributed by atoms with E-state index in [-0.39, 0.29) is 6.04 Å². The molecule has 1 aliphatic rings. The van der Waals surface area contributed by atoms with Crippen LogP contribution in [0.4, 0.5) is 11.5 Å². The van der Waals surface area contributed by atoms with Gasteiger partial charge in [-0.3, -0.25) is 19.4 Å². The van der Waals surface area contributed by atoms with E-state index in [0.717, 1.165) is 35.9 Å². The minimum Gasteiger partial charge on any atom is -0.383 e. The van der Waals surface area contributed by atoms with Gasteiger partial charge in [-0.15, -0.1) is 0 Å². The summed E-state index contributed by atoms with van der Waals surface area (Å²) in [7, 11) is 0. The van der Waals surface area contributed by atoms with Crippen molar-refractivity contribution in [2.45, 2.75) is 39.3 Å². The fourth-order valence-electron chi connectivity index (χ4n) is 4.64. The number of aromatic amines is 1. The number of piperidine rings is 1. The number of aromatic nitrogens is 5. The number of carbonyl (C=O) groups excluding carboxylic acids is 2. The van der Waals surface area contributed by atoms with Crippen LogP contribution in [-0.4, -0.2) is 48.2 Å². The van der Waals surface area contributed by atoms with Crippen molar-refractivity contribution in [1.29, 1.82) is 0 Å². The number of rotatable bonds is 3. The number of nitrogen functional groups attached to an aromatic ring is 1. The molecule has 3 aromatic heterocycles. The molecule has 0 saturated carbocycles. The molecule has 1 aliphatic heterocycles. The number of hydrogen-bond acceptors (Lipinski definition) is 6. The van der Waals surface area contributed by atoms with Crippen LogP contribution in [0.2, 0.25) is 0 Å². The number of nitrogens with two attached hydrogens (primary N) is 1. The van der Waals surface area contributed by atoms with E-state index in [9.17, 15) is 9.59 Å². The molecule has 10 heteroatoms. The highest BCUT2D eigenvalue weighted by molar-refractivity contribution is 6.40. The van der Waals surface area contributed by atoms with Crippen molar-refractivity contribution in [2.24, 2.45) is 5.92 Å². The lowest BCUT2D eigenvalue weighted by Gasteiger charge is -2.38. The lowest BCUT2D eigenvalue weighted by atomic mass is 9.89. The number of aryl methyl sites for hydroxylation is 1. The zero-order valence-corrected chi connectivity index (χ0v) is 18.6. The molecule has 1 saturated heterocycles. The summed E-state index contributed by atoms with van der Waals surface area (Å²) in [5.41, 5.74) is 8.83. The fraction of sp³-hybridized carbons (Fsp3) is 0.348. The molecule has 0 bridgehead atoms. The van der Waals surface area contributed by atoms with Crippen LogP contribution in [0.3, 0.4) is 0 Å². The van der Waals surface area contributed by atoms with Crippen molar-refractivity contribution < 1.29 is 9.59 Å². The molecule has 4 aromatic rings. The Morgan fingerprint density at radius 1 is 1.24 bits per heavy atom. The third-order valence-electron chi connectivity index (χ3n) is 6.39. The van der Waals surface area contributed by atoms with E-state index >= 15 is 0 Å². The number of amides is 2. The predicted octanol–water partition coefficient (Wildman–Crippen LogP) is 2.85. The number of likely N-dealkylation sites (tertiary alicyclic amines) is 1. The third kappa shape index (κ3) is 3.67. The molecule has 2 unspecified atom stereocenters. The number of anilines is 2.